The lowest BCUT2D eigenvalue weighted by molar-refractivity contribution is -0.135. The number of phenols is 1. The molecule has 45 heavy (non-hydrogen) atoms. The van der Waals surface area contributed by atoms with E-state index in [-0.39, 0.29) is 29.3 Å². The fourth-order valence-electron chi connectivity index (χ4n) is 6.31. The first-order valence-electron chi connectivity index (χ1n) is 15.5. The van der Waals surface area contributed by atoms with Crippen molar-refractivity contribution in [1.82, 2.24) is 34.7 Å². The van der Waals surface area contributed by atoms with Gasteiger partial charge in [-0.3, -0.25) is 9.69 Å². The summed E-state index contributed by atoms with van der Waals surface area (Å²) in [5.41, 5.74) is 2.54. The number of pyridine rings is 1. The number of aliphatic hydroxyl groups is 1. The van der Waals surface area contributed by atoms with Crippen molar-refractivity contribution in [1.29, 1.82) is 0 Å². The number of nitrogens with zero attached hydrogens (tertiary/aromatic N) is 8. The molecule has 1 amide bonds. The highest BCUT2D eigenvalue weighted by molar-refractivity contribution is 5.78. The largest absolute Gasteiger partial charge is 0.508 e. The average molecular weight is 618 g/mol. The van der Waals surface area contributed by atoms with E-state index in [4.69, 9.17) is 9.97 Å². The van der Waals surface area contributed by atoms with Gasteiger partial charge in [0.15, 0.2) is 17.5 Å². The first kappa shape index (κ1) is 30.7. The van der Waals surface area contributed by atoms with E-state index < -0.39 is 12.4 Å². The normalized spacial score (nSPS) is 17.6. The van der Waals surface area contributed by atoms with Crippen LogP contribution in [-0.4, -0.2) is 118 Å². The van der Waals surface area contributed by atoms with Crippen LogP contribution in [0.2, 0.25) is 0 Å². The van der Waals surface area contributed by atoms with E-state index in [1.165, 1.54) is 0 Å². The van der Waals surface area contributed by atoms with Crippen molar-refractivity contribution in [2.45, 2.75) is 25.4 Å². The number of fused-ring (bicyclic) bond motifs is 1. The van der Waals surface area contributed by atoms with Gasteiger partial charge in [-0.2, -0.15) is 9.49 Å². The Balaban J connectivity index is 1.36. The summed E-state index contributed by atoms with van der Waals surface area (Å²) in [5, 5.41) is 27.0. The summed E-state index contributed by atoms with van der Waals surface area (Å²) in [4.78, 5) is 30.0. The molecule has 0 radical (unpaired) electrons. The highest BCUT2D eigenvalue weighted by Crippen LogP contribution is 2.33. The summed E-state index contributed by atoms with van der Waals surface area (Å²) in [5.74, 6) is 0.262. The molecule has 0 saturated carbocycles. The maximum atomic E-state index is 16.8. The van der Waals surface area contributed by atoms with Gasteiger partial charge in [0.2, 0.25) is 11.7 Å². The van der Waals surface area contributed by atoms with E-state index in [1.807, 2.05) is 53.4 Å². The van der Waals surface area contributed by atoms with Crippen molar-refractivity contribution in [2.24, 2.45) is 0 Å². The molecule has 2 aliphatic heterocycles. The number of halogens is 1. The zero-order valence-electron chi connectivity index (χ0n) is 25.5. The van der Waals surface area contributed by atoms with Gasteiger partial charge < -0.3 is 30.2 Å². The van der Waals surface area contributed by atoms with Crippen LogP contribution in [0.5, 0.6) is 5.75 Å². The summed E-state index contributed by atoms with van der Waals surface area (Å²) < 4.78 is 18.6. The standard InChI is InChI=1S/C32H40FN9O3/c1-34-10-13-41(24-7-5-11-40(21-24)28(45)22-43)32-29(33)31(36-30(37-32)26-19-35-42-12-3-2-9-27(26)42)39-16-14-38(15-17-39)20-23-6-4-8-25(44)18-23/h2-4,6,8-9,12,18-19,24,34,43-44H,5,7,10-11,13-17,20-22H2,1H3/t24-/m1/s1. The molecule has 5 heterocycles. The van der Waals surface area contributed by atoms with Gasteiger partial charge >= 0.3 is 0 Å². The number of amides is 1. The molecule has 2 aliphatic rings. The van der Waals surface area contributed by atoms with Crippen LogP contribution in [0.4, 0.5) is 16.0 Å². The van der Waals surface area contributed by atoms with Crippen LogP contribution in [0, 0.1) is 5.82 Å². The lowest BCUT2D eigenvalue weighted by Crippen LogP contribution is -2.52. The zero-order chi connectivity index (χ0) is 31.3. The minimum atomic E-state index is -0.550. The summed E-state index contributed by atoms with van der Waals surface area (Å²) in [6.45, 7) is 4.68. The lowest BCUT2D eigenvalue weighted by Gasteiger charge is -2.41. The van der Waals surface area contributed by atoms with E-state index >= 15 is 4.39 Å². The Morgan fingerprint density at radius 2 is 1.96 bits per heavy atom. The number of carbonyl (C=O) groups excluding carboxylic acids is 1. The fraction of sp³-hybridized carbons (Fsp3) is 0.438. The molecule has 6 rings (SSSR count). The number of likely N-dealkylation sites (N-methyl/N-ethyl adjacent to an activating group) is 1. The average Bonchev–Trinajstić information content (AvgIpc) is 3.50. The van der Waals surface area contributed by atoms with Crippen molar-refractivity contribution in [3.8, 4) is 17.1 Å². The summed E-state index contributed by atoms with van der Waals surface area (Å²) >= 11 is 0. The molecular weight excluding hydrogens is 577 g/mol. The Labute approximate surface area is 261 Å². The number of aromatic hydroxyl groups is 1. The first-order chi connectivity index (χ1) is 21.9. The number of anilines is 2. The Hall–Kier alpha value is -4.33. The van der Waals surface area contributed by atoms with Gasteiger partial charge in [-0.1, -0.05) is 18.2 Å². The Morgan fingerprint density at radius 3 is 2.73 bits per heavy atom. The number of hydrogen-bond acceptors (Lipinski definition) is 10. The molecule has 12 nitrogen and oxygen atoms in total. The predicted octanol–water partition coefficient (Wildman–Crippen LogP) is 1.97. The van der Waals surface area contributed by atoms with Crippen LogP contribution >= 0.6 is 0 Å². The molecular formula is C32H40FN9O3. The number of benzene rings is 1. The van der Waals surface area contributed by atoms with Crippen LogP contribution in [0.25, 0.3) is 16.9 Å². The Bertz CT molecular complexity index is 1620. The number of likely N-dealkylation sites (tertiary alicyclic amines) is 1. The second-order valence-electron chi connectivity index (χ2n) is 11.6. The lowest BCUT2D eigenvalue weighted by atomic mass is 10.0. The van der Waals surface area contributed by atoms with Crippen LogP contribution in [-0.2, 0) is 11.3 Å². The molecule has 238 valence electrons. The molecule has 3 N–H and O–H groups in total. The molecule has 2 saturated heterocycles. The van der Waals surface area contributed by atoms with Gasteiger partial charge in [0, 0.05) is 71.1 Å². The molecule has 0 unspecified atom stereocenters. The highest BCUT2D eigenvalue weighted by atomic mass is 19.1. The molecule has 0 spiro atoms. The molecule has 0 bridgehead atoms. The number of hydrogen-bond donors (Lipinski definition) is 3. The minimum absolute atomic E-state index is 0.184. The maximum absolute atomic E-state index is 16.8. The van der Waals surface area contributed by atoms with Crippen molar-refractivity contribution < 1.29 is 19.4 Å². The van der Waals surface area contributed by atoms with E-state index in [0.29, 0.717) is 70.3 Å². The van der Waals surface area contributed by atoms with E-state index in [1.54, 1.807) is 27.7 Å². The third kappa shape index (κ3) is 6.70. The molecule has 2 fully saturated rings. The molecule has 4 aromatic rings. The monoisotopic (exact) mass is 617 g/mol. The number of piperidine rings is 1. The highest BCUT2D eigenvalue weighted by Gasteiger charge is 2.33. The number of nitrogens with one attached hydrogen (secondary N) is 1. The molecule has 0 aliphatic carbocycles. The minimum Gasteiger partial charge on any atom is -0.508 e. The molecule has 1 aromatic carbocycles. The topological polar surface area (TPSA) is 126 Å². The van der Waals surface area contributed by atoms with Gasteiger partial charge in [-0.05, 0) is 49.7 Å². The van der Waals surface area contributed by atoms with Crippen molar-refractivity contribution in [3.63, 3.8) is 0 Å². The summed E-state index contributed by atoms with van der Waals surface area (Å²) in [6.07, 6.45) is 5.07. The number of piperazine rings is 1. The van der Waals surface area contributed by atoms with Crippen molar-refractivity contribution >= 4 is 23.1 Å². The summed E-state index contributed by atoms with van der Waals surface area (Å²) in [6, 6.07) is 12.8. The molecule has 1 atom stereocenters. The van der Waals surface area contributed by atoms with Crippen LogP contribution < -0.4 is 15.1 Å². The van der Waals surface area contributed by atoms with Gasteiger partial charge in [0.1, 0.15) is 12.4 Å². The van der Waals surface area contributed by atoms with Gasteiger partial charge in [0.25, 0.3) is 0 Å². The SMILES string of the molecule is CNCCN(c1nc(-c2cnn3ccccc23)nc(N2CCN(Cc3cccc(O)c3)CC2)c1F)[C@@H]1CCCN(C(=O)CO)C1. The molecule has 3 aromatic heterocycles. The number of carbonyl (C=O) groups is 1. The van der Waals surface area contributed by atoms with E-state index in [2.05, 4.69) is 15.3 Å². The smallest absolute Gasteiger partial charge is 0.248 e. The zero-order valence-corrected chi connectivity index (χ0v) is 25.5. The van der Waals surface area contributed by atoms with Gasteiger partial charge in [0.05, 0.1) is 17.3 Å². The van der Waals surface area contributed by atoms with E-state index in [0.717, 1.165) is 23.9 Å². The second kappa shape index (κ2) is 13.8. The van der Waals surface area contributed by atoms with E-state index in [9.17, 15) is 15.0 Å². The Kier molecular flexibility index (Phi) is 9.38. The maximum Gasteiger partial charge on any atom is 0.248 e. The van der Waals surface area contributed by atoms with Gasteiger partial charge in [-0.15, -0.1) is 0 Å². The molecule has 13 heteroatoms. The number of rotatable bonds is 10. The number of aliphatic hydroxyl groups excluding tert-OH is 1. The van der Waals surface area contributed by atoms with Crippen LogP contribution in [0.3, 0.4) is 0 Å². The van der Waals surface area contributed by atoms with Crippen LogP contribution in [0.15, 0.2) is 54.9 Å². The third-order valence-electron chi connectivity index (χ3n) is 8.67. The number of aromatic nitrogens is 4. The van der Waals surface area contributed by atoms with Crippen molar-refractivity contribution in [2.75, 3.05) is 75.8 Å². The predicted molar refractivity (Wildman–Crippen MR) is 170 cm³/mol. The third-order valence-corrected chi connectivity index (χ3v) is 8.67. The first-order valence-corrected chi connectivity index (χ1v) is 15.5. The number of phenolic OH excluding ortho intramolecular Hbond substituents is 1. The summed E-state index contributed by atoms with van der Waals surface area (Å²) in [7, 11) is 1.85. The van der Waals surface area contributed by atoms with Crippen molar-refractivity contribution in [3.05, 3.63) is 66.2 Å². The van der Waals surface area contributed by atoms with Gasteiger partial charge in [-0.25, -0.2) is 14.5 Å². The van der Waals surface area contributed by atoms with Crippen LogP contribution in [0.1, 0.15) is 18.4 Å². The Morgan fingerprint density at radius 1 is 1.11 bits per heavy atom. The quantitative estimate of drug-likeness (QED) is 0.243. The second-order valence-corrected chi connectivity index (χ2v) is 11.6. The fourth-order valence-corrected chi connectivity index (χ4v) is 6.31.